The van der Waals surface area contributed by atoms with Crippen molar-refractivity contribution in [2.75, 3.05) is 11.9 Å². The lowest BCUT2D eigenvalue weighted by molar-refractivity contribution is 0.168. The maximum Gasteiger partial charge on any atom is 0.413 e. The SMILES string of the molecule is CCOC(=O)Nc1nnc(CC(C)C)s1. The molecule has 0 aliphatic rings. The van der Waals surface area contributed by atoms with E-state index in [1.807, 2.05) is 0 Å². The summed E-state index contributed by atoms with van der Waals surface area (Å²) in [6.45, 7) is 6.33. The summed E-state index contributed by atoms with van der Waals surface area (Å²) in [5, 5.41) is 11.8. The molecular weight excluding hydrogens is 214 g/mol. The van der Waals surface area contributed by atoms with E-state index in [2.05, 4.69) is 29.4 Å². The molecule has 1 amide bonds. The molecule has 0 aliphatic heterocycles. The summed E-state index contributed by atoms with van der Waals surface area (Å²) in [4.78, 5) is 11.0. The number of rotatable bonds is 4. The van der Waals surface area contributed by atoms with Gasteiger partial charge in [-0.2, -0.15) is 0 Å². The van der Waals surface area contributed by atoms with Crippen molar-refractivity contribution >= 4 is 22.6 Å². The summed E-state index contributed by atoms with van der Waals surface area (Å²) in [7, 11) is 0. The molecule has 0 saturated heterocycles. The van der Waals surface area contributed by atoms with E-state index in [0.717, 1.165) is 11.4 Å². The van der Waals surface area contributed by atoms with E-state index in [0.29, 0.717) is 17.7 Å². The van der Waals surface area contributed by atoms with E-state index >= 15 is 0 Å². The Kier molecular flexibility index (Phi) is 4.48. The molecule has 1 N–H and O–H groups in total. The summed E-state index contributed by atoms with van der Waals surface area (Å²) in [6, 6.07) is 0. The molecule has 6 heteroatoms. The zero-order valence-corrected chi connectivity index (χ0v) is 9.93. The van der Waals surface area contributed by atoms with Gasteiger partial charge in [0.15, 0.2) is 0 Å². The second-order valence-electron chi connectivity index (χ2n) is 3.44. The standard InChI is InChI=1S/C9H15N3O2S/c1-4-14-9(13)10-8-12-11-7(15-8)5-6(2)3/h6H,4-5H2,1-3H3,(H,10,12,13). The van der Waals surface area contributed by atoms with Crippen LogP contribution in [0.3, 0.4) is 0 Å². The molecular formula is C9H15N3O2S. The number of nitrogens with one attached hydrogen (secondary N) is 1. The highest BCUT2D eigenvalue weighted by Crippen LogP contribution is 2.18. The molecule has 15 heavy (non-hydrogen) atoms. The van der Waals surface area contributed by atoms with Gasteiger partial charge in [-0.25, -0.2) is 4.79 Å². The molecule has 0 atom stereocenters. The van der Waals surface area contributed by atoms with Crippen molar-refractivity contribution < 1.29 is 9.53 Å². The van der Waals surface area contributed by atoms with E-state index in [9.17, 15) is 4.79 Å². The summed E-state index contributed by atoms with van der Waals surface area (Å²) in [5.74, 6) is 0.536. The third-order valence-electron chi connectivity index (χ3n) is 1.53. The van der Waals surface area contributed by atoms with Gasteiger partial charge in [0.1, 0.15) is 5.01 Å². The van der Waals surface area contributed by atoms with Crippen molar-refractivity contribution in [3.05, 3.63) is 5.01 Å². The summed E-state index contributed by atoms with van der Waals surface area (Å²) in [5.41, 5.74) is 0. The van der Waals surface area contributed by atoms with Gasteiger partial charge in [0.05, 0.1) is 6.61 Å². The number of carbonyl (C=O) groups excluding carboxylic acids is 1. The minimum Gasteiger partial charge on any atom is -0.450 e. The van der Waals surface area contributed by atoms with Crippen molar-refractivity contribution in [1.29, 1.82) is 0 Å². The van der Waals surface area contributed by atoms with Gasteiger partial charge in [-0.15, -0.1) is 10.2 Å². The molecule has 1 aromatic heterocycles. The highest BCUT2D eigenvalue weighted by molar-refractivity contribution is 7.15. The van der Waals surface area contributed by atoms with E-state index < -0.39 is 6.09 Å². The second-order valence-corrected chi connectivity index (χ2v) is 4.51. The molecule has 1 heterocycles. The van der Waals surface area contributed by atoms with Gasteiger partial charge in [-0.1, -0.05) is 25.2 Å². The van der Waals surface area contributed by atoms with Crippen molar-refractivity contribution in [1.82, 2.24) is 10.2 Å². The second kappa shape index (κ2) is 5.65. The van der Waals surface area contributed by atoms with Crippen LogP contribution in [-0.2, 0) is 11.2 Å². The van der Waals surface area contributed by atoms with Gasteiger partial charge in [-0.3, -0.25) is 5.32 Å². The lowest BCUT2D eigenvalue weighted by Crippen LogP contribution is -2.12. The molecule has 84 valence electrons. The van der Waals surface area contributed by atoms with Crippen LogP contribution in [0.25, 0.3) is 0 Å². The minimum atomic E-state index is -0.482. The number of ether oxygens (including phenoxy) is 1. The van der Waals surface area contributed by atoms with Crippen molar-refractivity contribution in [3.63, 3.8) is 0 Å². The number of anilines is 1. The van der Waals surface area contributed by atoms with Crippen LogP contribution >= 0.6 is 11.3 Å². The topological polar surface area (TPSA) is 64.1 Å². The first kappa shape index (κ1) is 11.9. The molecule has 1 aromatic rings. The molecule has 0 aromatic carbocycles. The van der Waals surface area contributed by atoms with Crippen LogP contribution in [0.4, 0.5) is 9.93 Å². The summed E-state index contributed by atoms with van der Waals surface area (Å²) in [6.07, 6.45) is 0.395. The number of carbonyl (C=O) groups is 1. The Balaban J connectivity index is 2.49. The van der Waals surface area contributed by atoms with Crippen LogP contribution in [0.2, 0.25) is 0 Å². The maximum atomic E-state index is 11.0. The fourth-order valence-electron chi connectivity index (χ4n) is 0.990. The zero-order chi connectivity index (χ0) is 11.3. The normalized spacial score (nSPS) is 10.4. The van der Waals surface area contributed by atoms with Crippen LogP contribution in [0.5, 0.6) is 0 Å². The zero-order valence-electron chi connectivity index (χ0n) is 9.11. The maximum absolute atomic E-state index is 11.0. The monoisotopic (exact) mass is 229 g/mol. The van der Waals surface area contributed by atoms with Gasteiger partial charge >= 0.3 is 6.09 Å². The van der Waals surface area contributed by atoms with Gasteiger partial charge in [0.2, 0.25) is 5.13 Å². The number of hydrogen-bond donors (Lipinski definition) is 1. The van der Waals surface area contributed by atoms with E-state index in [-0.39, 0.29) is 0 Å². The highest BCUT2D eigenvalue weighted by atomic mass is 32.1. The highest BCUT2D eigenvalue weighted by Gasteiger charge is 2.09. The molecule has 0 unspecified atom stereocenters. The largest absolute Gasteiger partial charge is 0.450 e. The van der Waals surface area contributed by atoms with Crippen LogP contribution in [-0.4, -0.2) is 22.9 Å². The summed E-state index contributed by atoms with van der Waals surface area (Å²) < 4.78 is 4.72. The first-order valence-electron chi connectivity index (χ1n) is 4.88. The molecule has 5 nitrogen and oxygen atoms in total. The van der Waals surface area contributed by atoms with Crippen LogP contribution in [0.1, 0.15) is 25.8 Å². The molecule has 0 spiro atoms. The Bertz CT molecular complexity index is 325. The molecule has 1 rings (SSSR count). The predicted molar refractivity (Wildman–Crippen MR) is 59.1 cm³/mol. The van der Waals surface area contributed by atoms with Gasteiger partial charge in [0.25, 0.3) is 0 Å². The third-order valence-corrected chi connectivity index (χ3v) is 2.40. The first-order valence-corrected chi connectivity index (χ1v) is 5.69. The van der Waals surface area contributed by atoms with Gasteiger partial charge in [-0.05, 0) is 12.8 Å². The molecule has 0 saturated carbocycles. The molecule has 0 fully saturated rings. The Morgan fingerprint density at radius 1 is 1.53 bits per heavy atom. The van der Waals surface area contributed by atoms with Crippen molar-refractivity contribution in [2.45, 2.75) is 27.2 Å². The lowest BCUT2D eigenvalue weighted by atomic mass is 10.1. The third kappa shape index (κ3) is 4.24. The molecule has 0 aliphatic carbocycles. The smallest absolute Gasteiger partial charge is 0.413 e. The van der Waals surface area contributed by atoms with E-state index in [4.69, 9.17) is 4.74 Å². The van der Waals surface area contributed by atoms with Crippen LogP contribution < -0.4 is 5.32 Å². The van der Waals surface area contributed by atoms with Crippen LogP contribution in [0.15, 0.2) is 0 Å². The average Bonchev–Trinajstić information content (AvgIpc) is 2.51. The predicted octanol–water partition coefficient (Wildman–Crippen LogP) is 2.31. The average molecular weight is 229 g/mol. The van der Waals surface area contributed by atoms with E-state index in [1.165, 1.54) is 11.3 Å². The fraction of sp³-hybridized carbons (Fsp3) is 0.667. The number of amides is 1. The minimum absolute atomic E-state index is 0.351. The fourth-order valence-corrected chi connectivity index (χ4v) is 1.93. The van der Waals surface area contributed by atoms with Crippen molar-refractivity contribution in [3.8, 4) is 0 Å². The number of hydrogen-bond acceptors (Lipinski definition) is 5. The van der Waals surface area contributed by atoms with E-state index in [1.54, 1.807) is 6.92 Å². The molecule has 0 bridgehead atoms. The number of nitrogens with zero attached hydrogens (tertiary/aromatic N) is 2. The van der Waals surface area contributed by atoms with Gasteiger partial charge < -0.3 is 4.74 Å². The Hall–Kier alpha value is -1.17. The Labute approximate surface area is 92.9 Å². The number of aromatic nitrogens is 2. The summed E-state index contributed by atoms with van der Waals surface area (Å²) >= 11 is 1.38. The van der Waals surface area contributed by atoms with Gasteiger partial charge in [0, 0.05) is 6.42 Å². The molecule has 0 radical (unpaired) electrons. The lowest BCUT2D eigenvalue weighted by Gasteiger charge is -1.99. The quantitative estimate of drug-likeness (QED) is 0.860. The van der Waals surface area contributed by atoms with Crippen LogP contribution in [0, 0.1) is 5.92 Å². The Morgan fingerprint density at radius 3 is 2.87 bits per heavy atom. The Morgan fingerprint density at radius 2 is 2.27 bits per heavy atom. The van der Waals surface area contributed by atoms with Crippen molar-refractivity contribution in [2.24, 2.45) is 5.92 Å². The first-order chi connectivity index (χ1) is 7.11.